The summed E-state index contributed by atoms with van der Waals surface area (Å²) in [6.45, 7) is 3.58. The Morgan fingerprint density at radius 1 is 1.04 bits per heavy atom. The van der Waals surface area contributed by atoms with Crippen LogP contribution in [0.2, 0.25) is 0 Å². The number of rotatable bonds is 4. The molecular formula is C17H17FN2O3. The molecule has 0 aliphatic rings. The fourth-order valence-corrected chi connectivity index (χ4v) is 1.84. The van der Waals surface area contributed by atoms with Gasteiger partial charge in [0.25, 0.3) is 11.8 Å². The summed E-state index contributed by atoms with van der Waals surface area (Å²) in [7, 11) is 0. The van der Waals surface area contributed by atoms with Gasteiger partial charge in [0.1, 0.15) is 11.6 Å². The molecule has 0 unspecified atom stereocenters. The van der Waals surface area contributed by atoms with E-state index in [1.54, 1.807) is 0 Å². The number of aryl methyl sites for hydroxylation is 2. The third-order valence-electron chi connectivity index (χ3n) is 3.12. The largest absolute Gasteiger partial charge is 0.483 e. The number of nitrogens with one attached hydrogen (secondary N) is 2. The van der Waals surface area contributed by atoms with Crippen LogP contribution in [0, 0.1) is 19.7 Å². The average molecular weight is 316 g/mol. The maximum absolute atomic E-state index is 12.8. The predicted molar refractivity (Wildman–Crippen MR) is 83.4 cm³/mol. The van der Waals surface area contributed by atoms with Gasteiger partial charge in [-0.15, -0.1) is 0 Å². The molecule has 2 N–H and O–H groups in total. The lowest BCUT2D eigenvalue weighted by Gasteiger charge is -2.11. The van der Waals surface area contributed by atoms with Crippen molar-refractivity contribution in [1.82, 2.24) is 10.9 Å². The number of ether oxygens (including phenoxy) is 1. The van der Waals surface area contributed by atoms with Crippen LogP contribution in [-0.4, -0.2) is 18.4 Å². The summed E-state index contributed by atoms with van der Waals surface area (Å²) in [5.41, 5.74) is 6.66. The Labute approximate surface area is 133 Å². The highest BCUT2D eigenvalue weighted by Gasteiger charge is 2.09. The van der Waals surface area contributed by atoms with E-state index in [-0.39, 0.29) is 12.2 Å². The molecule has 2 amide bonds. The topological polar surface area (TPSA) is 67.4 Å². The van der Waals surface area contributed by atoms with E-state index in [1.807, 2.05) is 32.0 Å². The predicted octanol–water partition coefficient (Wildman–Crippen LogP) is 2.28. The van der Waals surface area contributed by atoms with Crippen LogP contribution in [0.15, 0.2) is 42.5 Å². The summed E-state index contributed by atoms with van der Waals surface area (Å²) >= 11 is 0. The van der Waals surface area contributed by atoms with Crippen LogP contribution in [0.1, 0.15) is 21.5 Å². The van der Waals surface area contributed by atoms with E-state index < -0.39 is 17.6 Å². The lowest BCUT2D eigenvalue weighted by atomic mass is 10.1. The monoisotopic (exact) mass is 316 g/mol. The number of carbonyl (C=O) groups is 2. The third kappa shape index (κ3) is 4.81. The van der Waals surface area contributed by atoms with Crippen molar-refractivity contribution in [2.75, 3.05) is 6.61 Å². The van der Waals surface area contributed by atoms with Crippen molar-refractivity contribution in [3.05, 3.63) is 65.0 Å². The minimum atomic E-state index is -0.537. The molecule has 2 aromatic rings. The van der Waals surface area contributed by atoms with E-state index in [0.717, 1.165) is 11.1 Å². The molecule has 0 aliphatic carbocycles. The second kappa shape index (κ2) is 7.40. The normalized spacial score (nSPS) is 10.0. The molecule has 0 bridgehead atoms. The Morgan fingerprint density at radius 2 is 1.74 bits per heavy atom. The molecule has 6 heteroatoms. The highest BCUT2D eigenvalue weighted by Crippen LogP contribution is 2.18. The van der Waals surface area contributed by atoms with Gasteiger partial charge in [0, 0.05) is 5.56 Å². The van der Waals surface area contributed by atoms with E-state index in [1.165, 1.54) is 24.3 Å². The molecule has 23 heavy (non-hydrogen) atoms. The average Bonchev–Trinajstić information content (AvgIpc) is 2.54. The van der Waals surface area contributed by atoms with Gasteiger partial charge in [-0.25, -0.2) is 4.39 Å². The number of halogens is 1. The molecule has 0 aromatic heterocycles. The zero-order valence-corrected chi connectivity index (χ0v) is 12.9. The molecule has 120 valence electrons. The van der Waals surface area contributed by atoms with E-state index >= 15 is 0 Å². The molecule has 0 aliphatic heterocycles. The first kappa shape index (κ1) is 16.5. The SMILES string of the molecule is Cc1ccc(C)c(OCC(=O)NNC(=O)c2ccc(F)cc2)c1. The van der Waals surface area contributed by atoms with Crippen molar-refractivity contribution in [2.24, 2.45) is 0 Å². The standard InChI is InChI=1S/C17H17FN2O3/c1-11-3-4-12(2)15(9-11)23-10-16(21)19-20-17(22)13-5-7-14(18)8-6-13/h3-9H,10H2,1-2H3,(H,19,21)(H,20,22). The molecule has 2 rings (SSSR count). The highest BCUT2D eigenvalue weighted by atomic mass is 19.1. The minimum Gasteiger partial charge on any atom is -0.483 e. The number of amides is 2. The van der Waals surface area contributed by atoms with Gasteiger partial charge >= 0.3 is 0 Å². The highest BCUT2D eigenvalue weighted by molar-refractivity contribution is 5.95. The lowest BCUT2D eigenvalue weighted by molar-refractivity contribution is -0.123. The summed E-state index contributed by atoms with van der Waals surface area (Å²) in [4.78, 5) is 23.4. The first-order valence-corrected chi connectivity index (χ1v) is 7.00. The van der Waals surface area contributed by atoms with Crippen LogP contribution in [0.4, 0.5) is 4.39 Å². The van der Waals surface area contributed by atoms with Crippen molar-refractivity contribution >= 4 is 11.8 Å². The van der Waals surface area contributed by atoms with Crippen LogP contribution >= 0.6 is 0 Å². The minimum absolute atomic E-state index is 0.228. The Bertz CT molecular complexity index is 714. The molecule has 0 atom stereocenters. The molecule has 0 spiro atoms. The molecular weight excluding hydrogens is 299 g/mol. The molecule has 0 fully saturated rings. The van der Waals surface area contributed by atoms with Gasteiger partial charge in [-0.3, -0.25) is 20.4 Å². The van der Waals surface area contributed by atoms with Gasteiger partial charge in [-0.1, -0.05) is 12.1 Å². The Balaban J connectivity index is 1.82. The number of hydrogen-bond acceptors (Lipinski definition) is 3. The van der Waals surface area contributed by atoms with E-state index in [4.69, 9.17) is 4.74 Å². The third-order valence-corrected chi connectivity index (χ3v) is 3.12. The fourth-order valence-electron chi connectivity index (χ4n) is 1.84. The summed E-state index contributed by atoms with van der Waals surface area (Å²) < 4.78 is 18.2. The van der Waals surface area contributed by atoms with Crippen LogP contribution in [-0.2, 0) is 4.79 Å². The number of hydrazine groups is 1. The Hall–Kier alpha value is -2.89. The summed E-state index contributed by atoms with van der Waals surface area (Å²) in [6, 6.07) is 10.7. The van der Waals surface area contributed by atoms with Crippen LogP contribution < -0.4 is 15.6 Å². The Kier molecular flexibility index (Phi) is 5.30. The first-order chi connectivity index (χ1) is 11.0. The van der Waals surface area contributed by atoms with Gasteiger partial charge in [-0.2, -0.15) is 0 Å². The molecule has 0 saturated heterocycles. The van der Waals surface area contributed by atoms with E-state index in [2.05, 4.69) is 10.9 Å². The van der Waals surface area contributed by atoms with Gasteiger partial charge in [-0.05, 0) is 55.3 Å². The van der Waals surface area contributed by atoms with Crippen molar-refractivity contribution in [2.45, 2.75) is 13.8 Å². The zero-order valence-electron chi connectivity index (χ0n) is 12.9. The van der Waals surface area contributed by atoms with Crippen molar-refractivity contribution < 1.29 is 18.7 Å². The summed E-state index contributed by atoms with van der Waals surface area (Å²) in [5, 5.41) is 0. The molecule has 0 heterocycles. The van der Waals surface area contributed by atoms with Gasteiger partial charge in [0.2, 0.25) is 0 Å². The van der Waals surface area contributed by atoms with E-state index in [9.17, 15) is 14.0 Å². The van der Waals surface area contributed by atoms with Gasteiger partial charge < -0.3 is 4.74 Å². The van der Waals surface area contributed by atoms with Crippen LogP contribution in [0.5, 0.6) is 5.75 Å². The second-order valence-electron chi connectivity index (χ2n) is 5.07. The maximum Gasteiger partial charge on any atom is 0.276 e. The second-order valence-corrected chi connectivity index (χ2v) is 5.07. The quantitative estimate of drug-likeness (QED) is 0.851. The Morgan fingerprint density at radius 3 is 2.43 bits per heavy atom. The molecule has 0 saturated carbocycles. The van der Waals surface area contributed by atoms with Gasteiger partial charge in [0.05, 0.1) is 0 Å². The van der Waals surface area contributed by atoms with Crippen LogP contribution in [0.25, 0.3) is 0 Å². The molecule has 5 nitrogen and oxygen atoms in total. The van der Waals surface area contributed by atoms with Crippen LogP contribution in [0.3, 0.4) is 0 Å². The van der Waals surface area contributed by atoms with Crippen molar-refractivity contribution in [3.8, 4) is 5.75 Å². The lowest BCUT2D eigenvalue weighted by Crippen LogP contribution is -2.43. The van der Waals surface area contributed by atoms with Gasteiger partial charge in [0.15, 0.2) is 6.61 Å². The number of carbonyl (C=O) groups excluding carboxylic acids is 2. The van der Waals surface area contributed by atoms with Crippen molar-refractivity contribution in [1.29, 1.82) is 0 Å². The fraction of sp³-hybridized carbons (Fsp3) is 0.176. The number of benzene rings is 2. The molecule has 0 radical (unpaired) electrons. The van der Waals surface area contributed by atoms with E-state index in [0.29, 0.717) is 5.75 Å². The summed E-state index contributed by atoms with van der Waals surface area (Å²) in [6.07, 6.45) is 0. The maximum atomic E-state index is 12.8. The number of hydrogen-bond donors (Lipinski definition) is 2. The summed E-state index contributed by atoms with van der Waals surface area (Å²) in [5.74, 6) is -0.857. The van der Waals surface area contributed by atoms with Crippen molar-refractivity contribution in [3.63, 3.8) is 0 Å². The zero-order chi connectivity index (χ0) is 16.8. The first-order valence-electron chi connectivity index (χ1n) is 7.00. The smallest absolute Gasteiger partial charge is 0.276 e. The molecule has 2 aromatic carbocycles.